The number of benzene rings is 2. The van der Waals surface area contributed by atoms with E-state index in [0.717, 1.165) is 18.8 Å². The smallest absolute Gasteiger partial charge is 0.255 e. The maximum atomic E-state index is 12.8. The van der Waals surface area contributed by atoms with Crippen molar-refractivity contribution in [2.75, 3.05) is 50.2 Å². The van der Waals surface area contributed by atoms with Crippen molar-refractivity contribution in [3.05, 3.63) is 47.0 Å². The summed E-state index contributed by atoms with van der Waals surface area (Å²) in [6.45, 7) is 5.25. The lowest BCUT2D eigenvalue weighted by molar-refractivity contribution is 0.102. The largest absolute Gasteiger partial charge is 0.497 e. The van der Waals surface area contributed by atoms with E-state index in [4.69, 9.17) is 25.8 Å². The number of ether oxygens (including phenoxy) is 3. The Labute approximate surface area is 164 Å². The van der Waals surface area contributed by atoms with Gasteiger partial charge in [0, 0.05) is 24.7 Å². The number of carbonyl (C=O) groups excluding carboxylic acids is 1. The predicted molar refractivity (Wildman–Crippen MR) is 107 cm³/mol. The quantitative estimate of drug-likeness (QED) is 0.812. The van der Waals surface area contributed by atoms with Crippen molar-refractivity contribution in [2.45, 2.75) is 6.92 Å². The molecule has 0 atom stereocenters. The number of hydrogen-bond acceptors (Lipinski definition) is 5. The van der Waals surface area contributed by atoms with Gasteiger partial charge < -0.3 is 24.4 Å². The highest BCUT2D eigenvalue weighted by molar-refractivity contribution is 6.32. The molecule has 0 radical (unpaired) electrons. The Morgan fingerprint density at radius 3 is 2.67 bits per heavy atom. The van der Waals surface area contributed by atoms with Crippen molar-refractivity contribution in [1.82, 2.24) is 0 Å². The number of amides is 1. The lowest BCUT2D eigenvalue weighted by Gasteiger charge is -2.30. The van der Waals surface area contributed by atoms with Crippen LogP contribution >= 0.6 is 11.6 Å². The van der Waals surface area contributed by atoms with E-state index < -0.39 is 0 Å². The summed E-state index contributed by atoms with van der Waals surface area (Å²) in [5, 5.41) is 3.38. The van der Waals surface area contributed by atoms with Crippen LogP contribution in [0, 0.1) is 0 Å². The van der Waals surface area contributed by atoms with Crippen LogP contribution in [0.25, 0.3) is 0 Å². The van der Waals surface area contributed by atoms with Crippen LogP contribution in [0.3, 0.4) is 0 Å². The molecule has 0 aliphatic carbocycles. The Balaban J connectivity index is 1.84. The van der Waals surface area contributed by atoms with Crippen LogP contribution < -0.4 is 19.7 Å². The summed E-state index contributed by atoms with van der Waals surface area (Å²) in [7, 11) is 1.60. The molecular weight excluding hydrogens is 368 g/mol. The minimum atomic E-state index is -0.247. The first-order valence-electron chi connectivity index (χ1n) is 8.86. The van der Waals surface area contributed by atoms with Crippen LogP contribution in [0.15, 0.2) is 36.4 Å². The van der Waals surface area contributed by atoms with Crippen LogP contribution in [0.4, 0.5) is 11.4 Å². The zero-order valence-corrected chi connectivity index (χ0v) is 16.2. The van der Waals surface area contributed by atoms with Crippen LogP contribution in [-0.4, -0.2) is 45.9 Å². The molecule has 0 saturated carbocycles. The van der Waals surface area contributed by atoms with Crippen LogP contribution in [0.5, 0.6) is 11.5 Å². The molecule has 7 heteroatoms. The third-order valence-electron chi connectivity index (χ3n) is 4.30. The monoisotopic (exact) mass is 390 g/mol. The van der Waals surface area contributed by atoms with Gasteiger partial charge in [-0.15, -0.1) is 0 Å². The molecule has 27 heavy (non-hydrogen) atoms. The molecule has 6 nitrogen and oxygen atoms in total. The van der Waals surface area contributed by atoms with Gasteiger partial charge in [0.15, 0.2) is 0 Å². The van der Waals surface area contributed by atoms with Crippen molar-refractivity contribution in [3.63, 3.8) is 0 Å². The van der Waals surface area contributed by atoms with E-state index in [2.05, 4.69) is 10.2 Å². The van der Waals surface area contributed by atoms with Gasteiger partial charge in [-0.2, -0.15) is 0 Å². The van der Waals surface area contributed by atoms with Crippen molar-refractivity contribution >= 4 is 28.9 Å². The summed E-state index contributed by atoms with van der Waals surface area (Å²) in [6, 6.07) is 10.7. The van der Waals surface area contributed by atoms with Gasteiger partial charge in [0.1, 0.15) is 11.5 Å². The molecule has 1 heterocycles. The van der Waals surface area contributed by atoms with Gasteiger partial charge in [-0.3, -0.25) is 4.79 Å². The Bertz CT molecular complexity index is 807. The summed E-state index contributed by atoms with van der Waals surface area (Å²) < 4.78 is 16.2. The van der Waals surface area contributed by atoms with E-state index in [1.165, 1.54) is 0 Å². The first kappa shape index (κ1) is 19.3. The Morgan fingerprint density at radius 1 is 1.22 bits per heavy atom. The molecule has 1 amide bonds. The molecule has 0 spiro atoms. The van der Waals surface area contributed by atoms with Gasteiger partial charge in [0.05, 0.1) is 43.3 Å². The van der Waals surface area contributed by atoms with Gasteiger partial charge in [0.25, 0.3) is 5.91 Å². The highest BCUT2D eigenvalue weighted by Crippen LogP contribution is 2.32. The number of morpholine rings is 1. The third kappa shape index (κ3) is 4.64. The lowest BCUT2D eigenvalue weighted by Crippen LogP contribution is -2.36. The minimum absolute atomic E-state index is 0.247. The van der Waals surface area contributed by atoms with Gasteiger partial charge in [-0.25, -0.2) is 0 Å². The second-order valence-corrected chi connectivity index (χ2v) is 6.42. The average molecular weight is 391 g/mol. The second kappa shape index (κ2) is 8.97. The van der Waals surface area contributed by atoms with Crippen molar-refractivity contribution < 1.29 is 19.0 Å². The molecule has 0 unspecified atom stereocenters. The fourth-order valence-corrected chi connectivity index (χ4v) is 3.17. The summed E-state index contributed by atoms with van der Waals surface area (Å²) >= 11 is 6.21. The molecule has 1 saturated heterocycles. The van der Waals surface area contributed by atoms with Crippen molar-refractivity contribution in [3.8, 4) is 11.5 Å². The topological polar surface area (TPSA) is 60.0 Å². The van der Waals surface area contributed by atoms with Gasteiger partial charge in [0.2, 0.25) is 0 Å². The molecule has 2 aromatic carbocycles. The molecule has 1 N–H and O–H groups in total. The van der Waals surface area contributed by atoms with Crippen LogP contribution in [-0.2, 0) is 4.74 Å². The first-order chi connectivity index (χ1) is 13.1. The Morgan fingerprint density at radius 2 is 2.00 bits per heavy atom. The lowest BCUT2D eigenvalue weighted by atomic mass is 10.1. The van der Waals surface area contributed by atoms with Crippen molar-refractivity contribution in [1.29, 1.82) is 0 Å². The van der Waals surface area contributed by atoms with Crippen molar-refractivity contribution in [2.24, 2.45) is 0 Å². The van der Waals surface area contributed by atoms with E-state index in [9.17, 15) is 4.79 Å². The fourth-order valence-electron chi connectivity index (χ4n) is 2.93. The minimum Gasteiger partial charge on any atom is -0.497 e. The second-order valence-electron chi connectivity index (χ2n) is 6.01. The van der Waals surface area contributed by atoms with Crippen LogP contribution in [0.2, 0.25) is 5.02 Å². The first-order valence-corrected chi connectivity index (χ1v) is 9.24. The third-order valence-corrected chi connectivity index (χ3v) is 4.59. The van der Waals surface area contributed by atoms with Crippen LogP contribution in [0.1, 0.15) is 17.3 Å². The molecule has 0 bridgehead atoms. The molecule has 144 valence electrons. The van der Waals surface area contributed by atoms with E-state index in [-0.39, 0.29) is 5.91 Å². The SMILES string of the molecule is CCOc1ccc(C(=O)Nc2cc(OC)ccc2N2CCOCC2)cc1Cl. The zero-order valence-electron chi connectivity index (χ0n) is 15.5. The predicted octanol–water partition coefficient (Wildman–Crippen LogP) is 3.84. The van der Waals surface area contributed by atoms with E-state index in [0.29, 0.717) is 47.6 Å². The van der Waals surface area contributed by atoms with E-state index in [1.54, 1.807) is 25.3 Å². The number of nitrogens with one attached hydrogen (secondary N) is 1. The molecular formula is C20H23ClN2O4. The number of rotatable bonds is 6. The maximum Gasteiger partial charge on any atom is 0.255 e. The van der Waals surface area contributed by atoms with Gasteiger partial charge in [-0.05, 0) is 37.3 Å². The summed E-state index contributed by atoms with van der Waals surface area (Å²) in [6.07, 6.45) is 0. The number of anilines is 2. The van der Waals surface area contributed by atoms with E-state index >= 15 is 0 Å². The Kier molecular flexibility index (Phi) is 6.42. The number of halogens is 1. The summed E-state index contributed by atoms with van der Waals surface area (Å²) in [4.78, 5) is 15.0. The number of nitrogens with zero attached hydrogens (tertiary/aromatic N) is 1. The molecule has 1 aliphatic rings. The number of carbonyl (C=O) groups is 1. The maximum absolute atomic E-state index is 12.8. The fraction of sp³-hybridized carbons (Fsp3) is 0.350. The van der Waals surface area contributed by atoms with Gasteiger partial charge >= 0.3 is 0 Å². The molecule has 1 aliphatic heterocycles. The summed E-state index contributed by atoms with van der Waals surface area (Å²) in [5.41, 5.74) is 2.08. The average Bonchev–Trinajstić information content (AvgIpc) is 2.70. The highest BCUT2D eigenvalue weighted by Gasteiger charge is 2.18. The number of hydrogen-bond donors (Lipinski definition) is 1. The highest BCUT2D eigenvalue weighted by atomic mass is 35.5. The zero-order chi connectivity index (χ0) is 19.2. The standard InChI is InChI=1S/C20H23ClN2O4/c1-3-27-19-7-4-14(12-16(19)21)20(24)22-17-13-15(25-2)5-6-18(17)23-8-10-26-11-9-23/h4-7,12-13H,3,8-11H2,1-2H3,(H,22,24). The summed E-state index contributed by atoms with van der Waals surface area (Å²) in [5.74, 6) is 0.987. The number of methoxy groups -OCH3 is 1. The molecule has 0 aromatic heterocycles. The van der Waals surface area contributed by atoms with Gasteiger partial charge in [-0.1, -0.05) is 11.6 Å². The molecule has 1 fully saturated rings. The molecule has 2 aromatic rings. The normalized spacial score (nSPS) is 14.0. The molecule has 3 rings (SSSR count). The Hall–Kier alpha value is -2.44. The van der Waals surface area contributed by atoms with E-state index in [1.807, 2.05) is 25.1 Å².